The molecule has 0 aromatic carbocycles. The maximum absolute atomic E-state index is 8.61. The summed E-state index contributed by atoms with van der Waals surface area (Å²) in [6.07, 6.45) is 16.3. The van der Waals surface area contributed by atoms with Crippen molar-refractivity contribution in [1.82, 2.24) is 0 Å². The number of hydrogen-bond acceptors (Lipinski definition) is 22. The van der Waals surface area contributed by atoms with Crippen LogP contribution in [0.5, 0.6) is 0 Å². The summed E-state index contributed by atoms with van der Waals surface area (Å²) in [6.45, 7) is 23.7. The average Bonchev–Trinajstić information content (AvgIpc) is 3.45. The molecule has 0 spiro atoms. The van der Waals surface area contributed by atoms with Crippen LogP contribution in [0.4, 0.5) is 0 Å². The fraction of sp³-hybridized carbons (Fsp3) is 1.00. The van der Waals surface area contributed by atoms with E-state index >= 15 is 0 Å². The van der Waals surface area contributed by atoms with Crippen molar-refractivity contribution >= 4 is 0 Å². The average molecular weight is 1140 g/mol. The third kappa shape index (κ3) is 75.1. The summed E-state index contributed by atoms with van der Waals surface area (Å²) in [5.74, 6) is 0. The molecule has 1 N–H and O–H groups in total. The lowest BCUT2D eigenvalue weighted by molar-refractivity contribution is -0.0316. The van der Waals surface area contributed by atoms with Crippen molar-refractivity contribution in [1.29, 1.82) is 0 Å². The molecule has 0 aliphatic carbocycles. The van der Waals surface area contributed by atoms with E-state index in [1.165, 1.54) is 70.6 Å². The topological polar surface area (TPSA) is 214 Å². The van der Waals surface area contributed by atoms with Crippen molar-refractivity contribution in [2.45, 2.75) is 84.0 Å². The summed E-state index contributed by atoms with van der Waals surface area (Å²) < 4.78 is 115. The van der Waals surface area contributed by atoms with Crippen molar-refractivity contribution in [3.8, 4) is 0 Å². The van der Waals surface area contributed by atoms with Gasteiger partial charge >= 0.3 is 0 Å². The molecule has 0 radical (unpaired) electrons. The minimum Gasteiger partial charge on any atom is -0.394 e. The van der Waals surface area contributed by atoms with Gasteiger partial charge in [-0.05, 0) is 6.42 Å². The molecule has 0 amide bonds. The van der Waals surface area contributed by atoms with Crippen molar-refractivity contribution in [2.75, 3.05) is 284 Å². The first-order chi connectivity index (χ1) is 38.9. The highest BCUT2D eigenvalue weighted by Crippen LogP contribution is 2.12. The molecule has 0 aliphatic rings. The predicted molar refractivity (Wildman–Crippen MR) is 295 cm³/mol. The van der Waals surface area contributed by atoms with Crippen LogP contribution in [0.15, 0.2) is 0 Å². The van der Waals surface area contributed by atoms with Gasteiger partial charge in [0.05, 0.1) is 277 Å². The molecule has 22 nitrogen and oxygen atoms in total. The number of aliphatic hydroxyl groups is 1. The Kier molecular flexibility index (Phi) is 75.3. The maximum atomic E-state index is 8.61. The zero-order chi connectivity index (χ0) is 55.7. The fourth-order valence-corrected chi connectivity index (χ4v) is 6.61. The van der Waals surface area contributed by atoms with E-state index in [0.29, 0.717) is 271 Å². The molecule has 0 saturated carbocycles. The van der Waals surface area contributed by atoms with E-state index in [-0.39, 0.29) is 6.61 Å². The Balaban J connectivity index is 3.08. The quantitative estimate of drug-likeness (QED) is 0.0791. The zero-order valence-corrected chi connectivity index (χ0v) is 48.9. The molecule has 0 rings (SSSR count). The predicted octanol–water partition coefficient (Wildman–Crippen LogP) is 5.03. The largest absolute Gasteiger partial charge is 0.394 e. The van der Waals surface area contributed by atoms with Crippen molar-refractivity contribution in [2.24, 2.45) is 0 Å². The van der Waals surface area contributed by atoms with Gasteiger partial charge in [-0.25, -0.2) is 0 Å². The van der Waals surface area contributed by atoms with E-state index in [2.05, 4.69) is 6.92 Å². The van der Waals surface area contributed by atoms with Crippen molar-refractivity contribution < 1.29 is 105 Å². The third-order valence-corrected chi connectivity index (χ3v) is 10.8. The Hall–Kier alpha value is -0.880. The van der Waals surface area contributed by atoms with Crippen LogP contribution >= 0.6 is 0 Å². The molecule has 470 valence electrons. The van der Waals surface area contributed by atoms with Crippen LogP contribution in [-0.4, -0.2) is 289 Å². The number of ether oxygens (including phenoxy) is 21. The Morgan fingerprint density at radius 2 is 0.256 bits per heavy atom. The molecule has 0 bridgehead atoms. The highest BCUT2D eigenvalue weighted by Gasteiger charge is 2.00. The Labute approximate surface area is 471 Å². The fourth-order valence-electron chi connectivity index (χ4n) is 6.61. The van der Waals surface area contributed by atoms with Crippen LogP contribution in [0.1, 0.15) is 84.0 Å². The van der Waals surface area contributed by atoms with Gasteiger partial charge in [-0.3, -0.25) is 0 Å². The van der Waals surface area contributed by atoms with E-state index in [0.717, 1.165) is 13.0 Å². The second-order valence-corrected chi connectivity index (χ2v) is 17.5. The van der Waals surface area contributed by atoms with Gasteiger partial charge in [0.15, 0.2) is 0 Å². The molecule has 0 heterocycles. The van der Waals surface area contributed by atoms with Crippen LogP contribution in [-0.2, 0) is 99.5 Å². The molecule has 0 fully saturated rings. The maximum Gasteiger partial charge on any atom is 0.0701 e. The number of aliphatic hydroxyl groups excluding tert-OH is 1. The van der Waals surface area contributed by atoms with E-state index in [4.69, 9.17) is 105 Å². The van der Waals surface area contributed by atoms with Crippen molar-refractivity contribution in [3.63, 3.8) is 0 Å². The molecular weight excluding hydrogens is 1020 g/mol. The molecule has 0 unspecified atom stereocenters. The molecular formula is C56H114O22. The minimum atomic E-state index is 0.0197. The lowest BCUT2D eigenvalue weighted by atomic mass is 10.1. The molecule has 0 aromatic rings. The monoisotopic (exact) mass is 1140 g/mol. The standard InChI is InChI=1S/C56H114O22/c1-2-3-4-5-6-7-8-9-10-11-12-13-15-58-17-19-60-21-23-62-25-27-64-29-31-66-33-35-68-37-39-70-41-43-72-45-47-74-49-51-76-53-55-78-56-54-77-52-50-75-48-46-73-44-42-71-40-38-69-36-34-67-32-30-65-28-26-63-24-22-61-20-18-59-16-14-57/h57H,2-56H2,1H3. The van der Waals surface area contributed by atoms with Gasteiger partial charge in [-0.1, -0.05) is 77.6 Å². The summed E-state index contributed by atoms with van der Waals surface area (Å²) in [5, 5.41) is 8.61. The summed E-state index contributed by atoms with van der Waals surface area (Å²) in [5.41, 5.74) is 0. The SMILES string of the molecule is CCCCCCCCCCCCCCOCCOCCOCCOCCOCCOCCOCCOCCOCCOCCOCCOCCOCCOCCOCCOCCOCCOCCOCCOCCOCCO. The van der Waals surface area contributed by atoms with E-state index < -0.39 is 0 Å². The second-order valence-electron chi connectivity index (χ2n) is 17.5. The first-order valence-corrected chi connectivity index (χ1v) is 29.6. The molecule has 0 saturated heterocycles. The van der Waals surface area contributed by atoms with Gasteiger partial charge in [0.1, 0.15) is 0 Å². The second kappa shape index (κ2) is 76.1. The Morgan fingerprint density at radius 1 is 0.141 bits per heavy atom. The molecule has 0 atom stereocenters. The Bertz CT molecular complexity index is 941. The third-order valence-electron chi connectivity index (χ3n) is 10.8. The van der Waals surface area contributed by atoms with Crippen LogP contribution in [0, 0.1) is 0 Å². The van der Waals surface area contributed by atoms with Gasteiger partial charge < -0.3 is 105 Å². The highest BCUT2D eigenvalue weighted by atomic mass is 16.6. The summed E-state index contributed by atoms with van der Waals surface area (Å²) in [4.78, 5) is 0. The van der Waals surface area contributed by atoms with Crippen LogP contribution < -0.4 is 0 Å². The van der Waals surface area contributed by atoms with Gasteiger partial charge in [-0.2, -0.15) is 0 Å². The van der Waals surface area contributed by atoms with Crippen LogP contribution in [0.2, 0.25) is 0 Å². The van der Waals surface area contributed by atoms with Gasteiger partial charge in [0.2, 0.25) is 0 Å². The number of hydrogen-bond donors (Lipinski definition) is 1. The molecule has 22 heteroatoms. The van der Waals surface area contributed by atoms with Crippen LogP contribution in [0.3, 0.4) is 0 Å². The van der Waals surface area contributed by atoms with Gasteiger partial charge in [0, 0.05) is 6.61 Å². The normalized spacial score (nSPS) is 11.8. The van der Waals surface area contributed by atoms with E-state index in [9.17, 15) is 0 Å². The number of rotatable bonds is 75. The minimum absolute atomic E-state index is 0.0197. The first kappa shape index (κ1) is 77.1. The van der Waals surface area contributed by atoms with Crippen molar-refractivity contribution in [3.05, 3.63) is 0 Å². The zero-order valence-electron chi connectivity index (χ0n) is 48.9. The summed E-state index contributed by atoms with van der Waals surface area (Å²) >= 11 is 0. The Morgan fingerprint density at radius 3 is 0.397 bits per heavy atom. The molecule has 78 heavy (non-hydrogen) atoms. The first-order valence-electron chi connectivity index (χ1n) is 29.6. The molecule has 0 aliphatic heterocycles. The van der Waals surface area contributed by atoms with Gasteiger partial charge in [0.25, 0.3) is 0 Å². The van der Waals surface area contributed by atoms with Gasteiger partial charge in [-0.15, -0.1) is 0 Å². The summed E-state index contributed by atoms with van der Waals surface area (Å²) in [7, 11) is 0. The molecule has 0 aromatic heterocycles. The van der Waals surface area contributed by atoms with Crippen LogP contribution in [0.25, 0.3) is 0 Å². The number of unbranched alkanes of at least 4 members (excludes halogenated alkanes) is 11. The van der Waals surface area contributed by atoms with E-state index in [1.807, 2.05) is 0 Å². The lowest BCUT2D eigenvalue weighted by Gasteiger charge is -2.09. The summed E-state index contributed by atoms with van der Waals surface area (Å²) in [6, 6.07) is 0. The van der Waals surface area contributed by atoms with E-state index in [1.54, 1.807) is 0 Å². The highest BCUT2D eigenvalue weighted by molar-refractivity contribution is 4.49. The lowest BCUT2D eigenvalue weighted by Crippen LogP contribution is -2.16. The smallest absolute Gasteiger partial charge is 0.0701 e.